The van der Waals surface area contributed by atoms with Gasteiger partial charge in [0.2, 0.25) is 0 Å². The van der Waals surface area contributed by atoms with Gasteiger partial charge in [-0.15, -0.1) is 0 Å². The molecule has 1 aromatic heterocycles. The number of aryl methyl sites for hydroxylation is 2. The second-order valence-corrected chi connectivity index (χ2v) is 5.30. The normalized spacial score (nSPS) is 17.2. The molecule has 0 unspecified atom stereocenters. The number of morpholine rings is 1. The Hall–Kier alpha value is -1.32. The fraction of sp³-hybridized carbons (Fsp3) is 0.500. The van der Waals surface area contributed by atoms with Crippen LogP contribution in [0.4, 0.5) is 0 Å². The highest BCUT2D eigenvalue weighted by molar-refractivity contribution is 5.87. The SMILES string of the molecule is CCn1cc(CN2CCOCC2)c2c(C)cccc21. The van der Waals surface area contributed by atoms with Gasteiger partial charge in [0.05, 0.1) is 13.2 Å². The maximum Gasteiger partial charge on any atom is 0.0594 e. The first kappa shape index (κ1) is 12.7. The second-order valence-electron chi connectivity index (χ2n) is 5.30. The Morgan fingerprint density at radius 3 is 2.74 bits per heavy atom. The van der Waals surface area contributed by atoms with Gasteiger partial charge in [-0.2, -0.15) is 0 Å². The molecule has 102 valence electrons. The standard InChI is InChI=1S/C16H22N2O/c1-3-18-12-14(11-17-7-9-19-10-8-17)16-13(2)5-4-6-15(16)18/h4-6,12H,3,7-11H2,1-2H3. The lowest BCUT2D eigenvalue weighted by Crippen LogP contribution is -2.35. The average molecular weight is 258 g/mol. The van der Waals surface area contributed by atoms with Gasteiger partial charge in [-0.3, -0.25) is 4.90 Å². The Morgan fingerprint density at radius 2 is 2.00 bits per heavy atom. The zero-order chi connectivity index (χ0) is 13.2. The van der Waals surface area contributed by atoms with Gasteiger partial charge in [-0.25, -0.2) is 0 Å². The molecule has 2 heterocycles. The largest absolute Gasteiger partial charge is 0.379 e. The molecular weight excluding hydrogens is 236 g/mol. The van der Waals surface area contributed by atoms with Crippen LogP contribution in [0.5, 0.6) is 0 Å². The molecule has 3 rings (SSSR count). The summed E-state index contributed by atoms with van der Waals surface area (Å²) in [5.74, 6) is 0. The summed E-state index contributed by atoms with van der Waals surface area (Å²) in [6.45, 7) is 10.3. The zero-order valence-corrected chi connectivity index (χ0v) is 11.9. The number of fused-ring (bicyclic) bond motifs is 1. The van der Waals surface area contributed by atoms with Gasteiger partial charge in [0.15, 0.2) is 0 Å². The minimum absolute atomic E-state index is 0.866. The van der Waals surface area contributed by atoms with Crippen LogP contribution in [0.15, 0.2) is 24.4 Å². The number of nitrogens with zero attached hydrogens (tertiary/aromatic N) is 2. The van der Waals surface area contributed by atoms with Crippen LogP contribution in [0.2, 0.25) is 0 Å². The van der Waals surface area contributed by atoms with Crippen LogP contribution >= 0.6 is 0 Å². The van der Waals surface area contributed by atoms with Gasteiger partial charge in [-0.05, 0) is 31.0 Å². The second kappa shape index (κ2) is 5.35. The molecule has 0 atom stereocenters. The van der Waals surface area contributed by atoms with Crippen molar-refractivity contribution in [1.82, 2.24) is 9.47 Å². The summed E-state index contributed by atoms with van der Waals surface area (Å²) in [7, 11) is 0. The molecule has 0 bridgehead atoms. The van der Waals surface area contributed by atoms with Crippen molar-refractivity contribution in [1.29, 1.82) is 0 Å². The summed E-state index contributed by atoms with van der Waals surface area (Å²) < 4.78 is 7.79. The summed E-state index contributed by atoms with van der Waals surface area (Å²) in [5, 5.41) is 1.44. The third-order valence-electron chi connectivity index (χ3n) is 4.03. The summed E-state index contributed by atoms with van der Waals surface area (Å²) >= 11 is 0. The molecular formula is C16H22N2O. The van der Waals surface area contributed by atoms with Crippen LogP contribution in [0, 0.1) is 6.92 Å². The van der Waals surface area contributed by atoms with E-state index in [0.717, 1.165) is 39.4 Å². The molecule has 0 amide bonds. The predicted molar refractivity (Wildman–Crippen MR) is 78.4 cm³/mol. The van der Waals surface area contributed by atoms with Crippen molar-refractivity contribution in [2.45, 2.75) is 26.9 Å². The first-order chi connectivity index (χ1) is 9.29. The van der Waals surface area contributed by atoms with Crippen LogP contribution in [0.25, 0.3) is 10.9 Å². The molecule has 19 heavy (non-hydrogen) atoms. The van der Waals surface area contributed by atoms with Gasteiger partial charge in [0.1, 0.15) is 0 Å². The molecule has 0 N–H and O–H groups in total. The summed E-state index contributed by atoms with van der Waals surface area (Å²) in [6, 6.07) is 6.60. The van der Waals surface area contributed by atoms with Crippen LogP contribution in [0.3, 0.4) is 0 Å². The lowest BCUT2D eigenvalue weighted by Gasteiger charge is -2.26. The fourth-order valence-corrected chi connectivity index (χ4v) is 3.01. The molecule has 1 aliphatic heterocycles. The van der Waals surface area contributed by atoms with Crippen molar-refractivity contribution < 1.29 is 4.74 Å². The highest BCUT2D eigenvalue weighted by Crippen LogP contribution is 2.26. The number of benzene rings is 1. The van der Waals surface area contributed by atoms with Gasteiger partial charge in [-0.1, -0.05) is 12.1 Å². The Kier molecular flexibility index (Phi) is 3.58. The topological polar surface area (TPSA) is 17.4 Å². The van der Waals surface area contributed by atoms with Crippen LogP contribution in [0.1, 0.15) is 18.1 Å². The van der Waals surface area contributed by atoms with E-state index in [2.05, 4.69) is 47.7 Å². The van der Waals surface area contributed by atoms with Gasteiger partial charge < -0.3 is 9.30 Å². The zero-order valence-electron chi connectivity index (χ0n) is 11.9. The minimum Gasteiger partial charge on any atom is -0.379 e. The molecule has 2 aromatic rings. The van der Waals surface area contributed by atoms with E-state index in [9.17, 15) is 0 Å². The molecule has 0 radical (unpaired) electrons. The lowest BCUT2D eigenvalue weighted by atomic mass is 10.1. The molecule has 1 fully saturated rings. The molecule has 0 saturated carbocycles. The van der Waals surface area contributed by atoms with E-state index in [0.29, 0.717) is 0 Å². The number of hydrogen-bond acceptors (Lipinski definition) is 2. The number of ether oxygens (including phenoxy) is 1. The number of aromatic nitrogens is 1. The quantitative estimate of drug-likeness (QED) is 0.842. The first-order valence-electron chi connectivity index (χ1n) is 7.17. The van der Waals surface area contributed by atoms with Crippen molar-refractivity contribution in [2.75, 3.05) is 26.3 Å². The third-order valence-corrected chi connectivity index (χ3v) is 4.03. The van der Waals surface area contributed by atoms with E-state index in [1.165, 1.54) is 22.0 Å². The van der Waals surface area contributed by atoms with Gasteiger partial charge >= 0.3 is 0 Å². The fourth-order valence-electron chi connectivity index (χ4n) is 3.01. The maximum absolute atomic E-state index is 5.43. The molecule has 0 aliphatic carbocycles. The van der Waals surface area contributed by atoms with Crippen LogP contribution in [-0.2, 0) is 17.8 Å². The molecule has 0 spiro atoms. The van der Waals surface area contributed by atoms with Crippen molar-refractivity contribution >= 4 is 10.9 Å². The summed E-state index contributed by atoms with van der Waals surface area (Å²) in [5.41, 5.74) is 4.20. The Bertz CT molecular complexity index is 567. The van der Waals surface area contributed by atoms with Crippen molar-refractivity contribution in [3.8, 4) is 0 Å². The van der Waals surface area contributed by atoms with E-state index < -0.39 is 0 Å². The Labute approximate surface area is 114 Å². The predicted octanol–water partition coefficient (Wildman–Crippen LogP) is 2.80. The lowest BCUT2D eigenvalue weighted by molar-refractivity contribution is 0.0343. The minimum atomic E-state index is 0.866. The van der Waals surface area contributed by atoms with E-state index in [4.69, 9.17) is 4.74 Å². The molecule has 3 heteroatoms. The number of hydrogen-bond donors (Lipinski definition) is 0. The Balaban J connectivity index is 1.98. The van der Waals surface area contributed by atoms with E-state index in [-0.39, 0.29) is 0 Å². The molecule has 3 nitrogen and oxygen atoms in total. The van der Waals surface area contributed by atoms with Gasteiger partial charge in [0, 0.05) is 43.3 Å². The smallest absolute Gasteiger partial charge is 0.0594 e. The van der Waals surface area contributed by atoms with Crippen molar-refractivity contribution in [3.05, 3.63) is 35.5 Å². The molecule has 1 aromatic carbocycles. The first-order valence-corrected chi connectivity index (χ1v) is 7.17. The van der Waals surface area contributed by atoms with Crippen LogP contribution in [-0.4, -0.2) is 35.8 Å². The van der Waals surface area contributed by atoms with E-state index >= 15 is 0 Å². The van der Waals surface area contributed by atoms with E-state index in [1.54, 1.807) is 0 Å². The van der Waals surface area contributed by atoms with Gasteiger partial charge in [0.25, 0.3) is 0 Å². The van der Waals surface area contributed by atoms with E-state index in [1.807, 2.05) is 0 Å². The monoisotopic (exact) mass is 258 g/mol. The average Bonchev–Trinajstić information content (AvgIpc) is 2.79. The van der Waals surface area contributed by atoms with Crippen molar-refractivity contribution in [3.63, 3.8) is 0 Å². The van der Waals surface area contributed by atoms with Crippen molar-refractivity contribution in [2.24, 2.45) is 0 Å². The maximum atomic E-state index is 5.43. The summed E-state index contributed by atoms with van der Waals surface area (Å²) in [6.07, 6.45) is 2.33. The molecule has 1 saturated heterocycles. The summed E-state index contributed by atoms with van der Waals surface area (Å²) in [4.78, 5) is 2.49. The molecule has 1 aliphatic rings. The van der Waals surface area contributed by atoms with Crippen LogP contribution < -0.4 is 0 Å². The third kappa shape index (κ3) is 2.40. The highest BCUT2D eigenvalue weighted by atomic mass is 16.5. The number of rotatable bonds is 3. The Morgan fingerprint density at radius 1 is 1.21 bits per heavy atom. The highest BCUT2D eigenvalue weighted by Gasteiger charge is 2.15.